The molecule has 0 spiro atoms. The maximum atomic E-state index is 10.1. The van der Waals surface area contributed by atoms with Crippen LogP contribution in [-0.4, -0.2) is 15.7 Å². The zero-order valence-corrected chi connectivity index (χ0v) is 12.1. The Hall–Kier alpha value is -1.29. The molecule has 0 aromatic heterocycles. The molecule has 1 atom stereocenters. The van der Waals surface area contributed by atoms with E-state index in [1.165, 1.54) is 0 Å². The second-order valence-corrected chi connectivity index (χ2v) is 5.67. The first-order valence-electron chi connectivity index (χ1n) is 6.08. The second-order valence-electron chi connectivity index (χ2n) is 5.23. The second kappa shape index (κ2) is 4.12. The minimum absolute atomic E-state index is 0.369. The lowest BCUT2D eigenvalue weighted by molar-refractivity contribution is 0.133. The van der Waals surface area contributed by atoms with Gasteiger partial charge in [-0.1, -0.05) is 12.2 Å². The summed E-state index contributed by atoms with van der Waals surface area (Å²) in [7, 11) is 0. The Labute approximate surface area is 113 Å². The fourth-order valence-corrected chi connectivity index (χ4v) is 2.56. The normalized spacial score (nSPS) is 22.2. The Morgan fingerprint density at radius 2 is 1.89 bits per heavy atom. The Balaban J connectivity index is 2.61. The molecule has 0 amide bonds. The average Bonchev–Trinajstić information content (AvgIpc) is 2.33. The number of thiocarbonyl (C=S) groups is 1. The first-order valence-corrected chi connectivity index (χ1v) is 6.49. The van der Waals surface area contributed by atoms with Crippen LogP contribution in [0.4, 0.5) is 0 Å². The third-order valence-electron chi connectivity index (χ3n) is 4.04. The molecule has 1 heterocycles. The quantitative estimate of drug-likeness (QED) is 0.767. The van der Waals surface area contributed by atoms with Crippen molar-refractivity contribution in [2.45, 2.75) is 46.1 Å². The molecule has 0 bridgehead atoms. The van der Waals surface area contributed by atoms with Gasteiger partial charge in [-0.3, -0.25) is 0 Å². The lowest BCUT2D eigenvalue weighted by atomic mass is 9.87. The van der Waals surface area contributed by atoms with Crippen molar-refractivity contribution in [3.63, 3.8) is 0 Å². The minimum atomic E-state index is -0.580. The van der Waals surface area contributed by atoms with E-state index in [4.69, 9.17) is 22.7 Å². The van der Waals surface area contributed by atoms with Gasteiger partial charge in [0, 0.05) is 5.56 Å². The van der Waals surface area contributed by atoms with Crippen LogP contribution >= 0.6 is 12.2 Å². The van der Waals surface area contributed by atoms with Crippen molar-refractivity contribution in [2.75, 3.05) is 0 Å². The number of nitrogens with two attached hydrogens (primary N) is 1. The van der Waals surface area contributed by atoms with Gasteiger partial charge in [-0.2, -0.15) is 0 Å². The Kier molecular flexibility index (Phi) is 3.01. The van der Waals surface area contributed by atoms with Crippen LogP contribution in [-0.2, 0) is 6.42 Å². The summed E-state index contributed by atoms with van der Waals surface area (Å²) in [5, 5.41) is 10.1. The van der Waals surface area contributed by atoms with E-state index in [0.29, 0.717) is 10.7 Å². The van der Waals surface area contributed by atoms with E-state index in [2.05, 4.69) is 0 Å². The van der Waals surface area contributed by atoms with Crippen LogP contribution in [0.15, 0.2) is 0 Å². The number of phenols is 1. The van der Waals surface area contributed by atoms with Gasteiger partial charge in [0.25, 0.3) is 0 Å². The molecule has 1 aliphatic rings. The predicted molar refractivity (Wildman–Crippen MR) is 76.5 cm³/mol. The van der Waals surface area contributed by atoms with E-state index >= 15 is 0 Å². The van der Waals surface area contributed by atoms with Gasteiger partial charge in [0.1, 0.15) is 16.5 Å². The molecule has 1 unspecified atom stereocenters. The Morgan fingerprint density at radius 1 is 1.28 bits per heavy atom. The van der Waals surface area contributed by atoms with Gasteiger partial charge in [-0.15, -0.1) is 0 Å². The largest absolute Gasteiger partial charge is 0.507 e. The summed E-state index contributed by atoms with van der Waals surface area (Å²) in [5.41, 5.74) is 8.99. The van der Waals surface area contributed by atoms with Crippen molar-refractivity contribution in [3.05, 3.63) is 22.3 Å². The van der Waals surface area contributed by atoms with Gasteiger partial charge < -0.3 is 15.6 Å². The molecule has 4 heteroatoms. The smallest absolute Gasteiger partial charge is 0.156 e. The summed E-state index contributed by atoms with van der Waals surface area (Å²) in [4.78, 5) is 0.385. The zero-order valence-electron chi connectivity index (χ0n) is 11.3. The molecule has 0 fully saturated rings. The van der Waals surface area contributed by atoms with Crippen LogP contribution < -0.4 is 10.5 Å². The van der Waals surface area contributed by atoms with Gasteiger partial charge in [0.05, 0.1) is 0 Å². The van der Waals surface area contributed by atoms with Gasteiger partial charge in [0.2, 0.25) is 0 Å². The van der Waals surface area contributed by atoms with Gasteiger partial charge in [-0.05, 0) is 57.2 Å². The van der Waals surface area contributed by atoms with Crippen LogP contribution in [0.5, 0.6) is 11.5 Å². The van der Waals surface area contributed by atoms with E-state index in [0.717, 1.165) is 40.8 Å². The molecule has 0 saturated heterocycles. The molecule has 1 aromatic rings. The minimum Gasteiger partial charge on any atom is -0.507 e. The molecule has 0 radical (unpaired) electrons. The predicted octanol–water partition coefficient (Wildman–Crippen LogP) is 2.69. The number of ether oxygens (including phenoxy) is 1. The SMILES string of the molecule is Cc1c(C)c2c(c(C)c1O)CCC(C)(C(N)=S)O2. The topological polar surface area (TPSA) is 55.5 Å². The van der Waals surface area contributed by atoms with Gasteiger partial charge in [-0.25, -0.2) is 0 Å². The number of fused-ring (bicyclic) bond motifs is 1. The van der Waals surface area contributed by atoms with Crippen LogP contribution in [0.25, 0.3) is 0 Å². The number of rotatable bonds is 1. The molecular formula is C14H19NO2S. The number of hydrogen-bond donors (Lipinski definition) is 2. The van der Waals surface area contributed by atoms with Crippen molar-refractivity contribution < 1.29 is 9.84 Å². The lowest BCUT2D eigenvalue weighted by Gasteiger charge is -2.37. The van der Waals surface area contributed by atoms with Gasteiger partial charge >= 0.3 is 0 Å². The molecule has 3 N–H and O–H groups in total. The first-order chi connectivity index (χ1) is 8.28. The van der Waals surface area contributed by atoms with E-state index in [9.17, 15) is 5.11 Å². The fourth-order valence-electron chi connectivity index (χ4n) is 2.42. The number of phenolic OH excluding ortho intramolecular Hbond substituents is 1. The summed E-state index contributed by atoms with van der Waals surface area (Å²) in [6.07, 6.45) is 1.57. The lowest BCUT2D eigenvalue weighted by Crippen LogP contribution is -2.47. The van der Waals surface area contributed by atoms with E-state index in [-0.39, 0.29) is 0 Å². The Bertz CT molecular complexity index is 539. The van der Waals surface area contributed by atoms with E-state index in [1.54, 1.807) is 0 Å². The summed E-state index contributed by atoms with van der Waals surface area (Å²) in [6, 6.07) is 0. The highest BCUT2D eigenvalue weighted by atomic mass is 32.1. The average molecular weight is 265 g/mol. The highest BCUT2D eigenvalue weighted by Crippen LogP contribution is 2.43. The standard InChI is InChI=1S/C14H19NO2S/c1-7-8(2)12-10(9(3)11(7)16)5-6-14(4,17-12)13(15)18/h16H,5-6H2,1-4H3,(H2,15,18). The van der Waals surface area contributed by atoms with Crippen LogP contribution in [0.3, 0.4) is 0 Å². The number of hydrogen-bond acceptors (Lipinski definition) is 3. The Morgan fingerprint density at radius 3 is 2.44 bits per heavy atom. The van der Waals surface area contributed by atoms with Crippen molar-refractivity contribution in [2.24, 2.45) is 5.73 Å². The highest BCUT2D eigenvalue weighted by molar-refractivity contribution is 7.80. The van der Waals surface area contributed by atoms with Gasteiger partial charge in [0.15, 0.2) is 5.60 Å². The highest BCUT2D eigenvalue weighted by Gasteiger charge is 2.36. The summed E-state index contributed by atoms with van der Waals surface area (Å²) < 4.78 is 6.05. The fraction of sp³-hybridized carbons (Fsp3) is 0.500. The third-order valence-corrected chi connectivity index (χ3v) is 4.47. The van der Waals surface area contributed by atoms with Crippen molar-refractivity contribution >= 4 is 17.2 Å². The van der Waals surface area contributed by atoms with Crippen molar-refractivity contribution in [1.29, 1.82) is 0 Å². The summed E-state index contributed by atoms with van der Waals surface area (Å²) >= 11 is 5.10. The third kappa shape index (κ3) is 1.75. The van der Waals surface area contributed by atoms with Crippen LogP contribution in [0.2, 0.25) is 0 Å². The first kappa shape index (κ1) is 13.1. The van der Waals surface area contributed by atoms with E-state index < -0.39 is 5.60 Å². The molecule has 0 saturated carbocycles. The van der Waals surface area contributed by atoms with Crippen LogP contribution in [0, 0.1) is 20.8 Å². The zero-order chi connectivity index (χ0) is 13.7. The molecule has 2 rings (SSSR count). The molecule has 1 aromatic carbocycles. The van der Waals surface area contributed by atoms with E-state index in [1.807, 2.05) is 27.7 Å². The van der Waals surface area contributed by atoms with Crippen molar-refractivity contribution in [3.8, 4) is 11.5 Å². The molecule has 0 aliphatic carbocycles. The number of aromatic hydroxyl groups is 1. The molecule has 18 heavy (non-hydrogen) atoms. The summed E-state index contributed by atoms with van der Waals surface area (Å²) in [5.74, 6) is 1.21. The van der Waals surface area contributed by atoms with Crippen molar-refractivity contribution in [1.82, 2.24) is 0 Å². The molecule has 98 valence electrons. The monoisotopic (exact) mass is 265 g/mol. The maximum absolute atomic E-state index is 10.1. The number of benzene rings is 1. The molecular weight excluding hydrogens is 246 g/mol. The maximum Gasteiger partial charge on any atom is 0.156 e. The van der Waals surface area contributed by atoms with Crippen LogP contribution in [0.1, 0.15) is 35.6 Å². The molecule has 1 aliphatic heterocycles. The summed E-state index contributed by atoms with van der Waals surface area (Å²) in [6.45, 7) is 7.70. The molecule has 3 nitrogen and oxygen atoms in total.